The van der Waals surface area contributed by atoms with Crippen LogP contribution in [0.2, 0.25) is 0 Å². The van der Waals surface area contributed by atoms with Crippen LogP contribution < -0.4 is 5.32 Å². The number of rotatable bonds is 6. The number of benzene rings is 1. The third-order valence-corrected chi connectivity index (χ3v) is 7.81. The lowest BCUT2D eigenvalue weighted by Crippen LogP contribution is -2.39. The molecule has 10 heteroatoms. The summed E-state index contributed by atoms with van der Waals surface area (Å²) in [6.45, 7) is 1.62. The largest absolute Gasteiger partial charge is 0.344 e. The fraction of sp³-hybridized carbons (Fsp3) is 0.409. The van der Waals surface area contributed by atoms with Gasteiger partial charge in [0.05, 0.1) is 10.1 Å². The topological polar surface area (TPSA) is 87.1 Å². The van der Waals surface area contributed by atoms with Crippen LogP contribution in [0.3, 0.4) is 0 Å². The van der Waals surface area contributed by atoms with Crippen LogP contribution in [-0.4, -0.2) is 69.5 Å². The van der Waals surface area contributed by atoms with Crippen LogP contribution in [0.15, 0.2) is 24.5 Å². The molecule has 0 spiro atoms. The number of hydrogen-bond acceptors (Lipinski definition) is 9. The van der Waals surface area contributed by atoms with Gasteiger partial charge in [-0.3, -0.25) is 4.79 Å². The van der Waals surface area contributed by atoms with Crippen LogP contribution in [0.4, 0.5) is 11.5 Å². The zero-order chi connectivity index (χ0) is 22.2. The van der Waals surface area contributed by atoms with Gasteiger partial charge in [0, 0.05) is 36.6 Å². The van der Waals surface area contributed by atoms with Gasteiger partial charge in [-0.15, -0.1) is 16.4 Å². The Balaban J connectivity index is 1.39. The van der Waals surface area contributed by atoms with E-state index in [2.05, 4.69) is 29.8 Å². The molecule has 1 amide bonds. The van der Waals surface area contributed by atoms with Gasteiger partial charge in [-0.25, -0.2) is 9.97 Å². The van der Waals surface area contributed by atoms with Crippen LogP contribution in [0.5, 0.6) is 0 Å². The van der Waals surface area contributed by atoms with Crippen molar-refractivity contribution >= 4 is 60.7 Å². The normalized spacial score (nSPS) is 15.9. The quantitative estimate of drug-likeness (QED) is 0.464. The number of carbonyl (C=O) groups is 1. The van der Waals surface area contributed by atoms with Crippen molar-refractivity contribution in [3.8, 4) is 0 Å². The molecule has 1 N–H and O–H groups in total. The smallest absolute Gasteiger partial charge is 0.225 e. The highest BCUT2D eigenvalue weighted by Crippen LogP contribution is 2.40. The first kappa shape index (κ1) is 21.2. The number of anilines is 2. The molecule has 0 fully saturated rings. The molecule has 0 saturated heterocycles. The first-order chi connectivity index (χ1) is 15.5. The molecule has 32 heavy (non-hydrogen) atoms. The number of likely N-dealkylation sites (N-methyl/N-ethyl adjacent to an activating group) is 2. The molecule has 166 valence electrons. The Bertz CT molecular complexity index is 1280. The zero-order valence-corrected chi connectivity index (χ0v) is 20.0. The molecular formula is C22H25N7OS2. The Hall–Kier alpha value is -2.69. The Morgan fingerprint density at radius 3 is 2.94 bits per heavy atom. The van der Waals surface area contributed by atoms with Crippen molar-refractivity contribution in [1.29, 1.82) is 0 Å². The molecule has 0 unspecified atom stereocenters. The number of amides is 1. The van der Waals surface area contributed by atoms with E-state index in [1.807, 2.05) is 44.2 Å². The van der Waals surface area contributed by atoms with Crippen LogP contribution >= 0.6 is 22.9 Å². The second-order valence-corrected chi connectivity index (χ2v) is 10.4. The number of carbonyl (C=O) groups excluding carboxylic acids is 1. The number of hydrogen-bond donors (Lipinski definition) is 1. The molecule has 3 heterocycles. The lowest BCUT2D eigenvalue weighted by Gasteiger charge is -2.27. The highest BCUT2D eigenvalue weighted by molar-refractivity contribution is 7.19. The average molecular weight is 468 g/mol. The summed E-state index contributed by atoms with van der Waals surface area (Å²) in [5.41, 5.74) is 3.14. The lowest BCUT2D eigenvalue weighted by atomic mass is 9.87. The van der Waals surface area contributed by atoms with Crippen molar-refractivity contribution in [2.24, 2.45) is 5.92 Å². The highest BCUT2D eigenvalue weighted by Gasteiger charge is 2.30. The van der Waals surface area contributed by atoms with E-state index in [0.717, 1.165) is 64.3 Å². The molecule has 0 saturated carbocycles. The molecule has 1 aliphatic rings. The summed E-state index contributed by atoms with van der Waals surface area (Å²) >= 11 is 3.07. The van der Waals surface area contributed by atoms with E-state index < -0.39 is 0 Å². The minimum absolute atomic E-state index is 0.0355. The van der Waals surface area contributed by atoms with Gasteiger partial charge >= 0.3 is 0 Å². The molecule has 5 rings (SSSR count). The third-order valence-electron chi connectivity index (χ3n) is 5.96. The molecule has 8 nitrogen and oxygen atoms in total. The number of thiophene rings is 1. The molecule has 0 aliphatic heterocycles. The van der Waals surface area contributed by atoms with E-state index in [0.29, 0.717) is 0 Å². The first-order valence-corrected chi connectivity index (χ1v) is 12.2. The summed E-state index contributed by atoms with van der Waals surface area (Å²) in [6, 6.07) is 6.01. The van der Waals surface area contributed by atoms with E-state index in [1.165, 1.54) is 22.0 Å². The summed E-state index contributed by atoms with van der Waals surface area (Å²) < 4.78 is 5.04. The minimum Gasteiger partial charge on any atom is -0.344 e. The van der Waals surface area contributed by atoms with Crippen molar-refractivity contribution in [2.75, 3.05) is 39.5 Å². The van der Waals surface area contributed by atoms with Crippen molar-refractivity contribution in [3.63, 3.8) is 0 Å². The molecule has 1 atom stereocenters. The van der Waals surface area contributed by atoms with Crippen LogP contribution in [0, 0.1) is 5.92 Å². The van der Waals surface area contributed by atoms with E-state index in [1.54, 1.807) is 17.7 Å². The second-order valence-electron chi connectivity index (χ2n) is 8.49. The number of nitrogens with zero attached hydrogens (tertiary/aromatic N) is 6. The molecule has 4 aromatic rings. The number of fused-ring (bicyclic) bond motifs is 4. The van der Waals surface area contributed by atoms with Gasteiger partial charge < -0.3 is 15.1 Å². The Labute approximate surface area is 194 Å². The summed E-state index contributed by atoms with van der Waals surface area (Å²) in [4.78, 5) is 28.3. The monoisotopic (exact) mass is 467 g/mol. The van der Waals surface area contributed by atoms with E-state index in [9.17, 15) is 4.79 Å². The summed E-state index contributed by atoms with van der Waals surface area (Å²) in [5.74, 6) is 1.09. The first-order valence-electron chi connectivity index (χ1n) is 10.6. The maximum atomic E-state index is 13.0. The van der Waals surface area contributed by atoms with Crippen molar-refractivity contribution in [1.82, 2.24) is 29.4 Å². The van der Waals surface area contributed by atoms with E-state index in [4.69, 9.17) is 0 Å². The number of aryl methyl sites for hydroxylation is 1. The van der Waals surface area contributed by atoms with Gasteiger partial charge in [-0.05, 0) is 68.7 Å². The third kappa shape index (κ3) is 4.05. The lowest BCUT2D eigenvalue weighted by molar-refractivity contribution is -0.134. The predicted octanol–water partition coefficient (Wildman–Crippen LogP) is 3.56. The summed E-state index contributed by atoms with van der Waals surface area (Å²) in [6.07, 6.45) is 4.11. The molecule has 1 aromatic carbocycles. The van der Waals surface area contributed by atoms with Gasteiger partial charge in [-0.1, -0.05) is 4.49 Å². The zero-order valence-electron chi connectivity index (χ0n) is 18.3. The predicted molar refractivity (Wildman–Crippen MR) is 130 cm³/mol. The Morgan fingerprint density at radius 1 is 1.22 bits per heavy atom. The summed E-state index contributed by atoms with van der Waals surface area (Å²) in [5, 5.41) is 8.66. The number of aromatic nitrogens is 4. The fourth-order valence-corrected chi connectivity index (χ4v) is 6.05. The molecule has 1 aliphatic carbocycles. The SMILES string of the molecule is CN(C)CCN(C)C(=O)[C@H]1CCc2c(sc3ncnc(Nc4ccc5nnsc5c4)c23)C1. The van der Waals surface area contributed by atoms with Crippen molar-refractivity contribution in [2.45, 2.75) is 19.3 Å². The standard InChI is InChI=1S/C22H25N7OS2/c1-28(2)8-9-29(3)22(30)13-4-6-15-17(10-13)31-21-19(15)20(23-12-24-21)25-14-5-7-16-18(11-14)32-27-26-16/h5,7,11-13H,4,6,8-10H2,1-3H3,(H,23,24,25)/t13-/m0/s1. The van der Waals surface area contributed by atoms with Crippen molar-refractivity contribution in [3.05, 3.63) is 35.0 Å². The second kappa shape index (κ2) is 8.68. The van der Waals surface area contributed by atoms with Gasteiger partial charge in [0.15, 0.2) is 0 Å². The Kier molecular flexibility index (Phi) is 5.75. The van der Waals surface area contributed by atoms with E-state index >= 15 is 0 Å². The fourth-order valence-electron chi connectivity index (χ4n) is 4.18. The number of nitrogens with one attached hydrogen (secondary N) is 1. The van der Waals surface area contributed by atoms with Gasteiger partial charge in [-0.2, -0.15) is 0 Å². The van der Waals surface area contributed by atoms with Gasteiger partial charge in [0.1, 0.15) is 22.5 Å². The van der Waals surface area contributed by atoms with Crippen LogP contribution in [0.1, 0.15) is 16.9 Å². The highest BCUT2D eigenvalue weighted by atomic mass is 32.1. The summed E-state index contributed by atoms with van der Waals surface area (Å²) in [7, 11) is 5.97. The van der Waals surface area contributed by atoms with E-state index in [-0.39, 0.29) is 11.8 Å². The molecule has 0 bridgehead atoms. The van der Waals surface area contributed by atoms with Crippen molar-refractivity contribution < 1.29 is 4.79 Å². The average Bonchev–Trinajstić information content (AvgIpc) is 3.40. The molecular weight excluding hydrogens is 442 g/mol. The molecule has 3 aromatic heterocycles. The van der Waals surface area contributed by atoms with Gasteiger partial charge in [0.25, 0.3) is 0 Å². The van der Waals surface area contributed by atoms with Crippen LogP contribution in [0.25, 0.3) is 20.4 Å². The maximum Gasteiger partial charge on any atom is 0.225 e. The van der Waals surface area contributed by atoms with Gasteiger partial charge in [0.2, 0.25) is 5.91 Å². The minimum atomic E-state index is 0.0355. The van der Waals surface area contributed by atoms with Crippen LogP contribution in [-0.2, 0) is 17.6 Å². The molecule has 0 radical (unpaired) electrons. The maximum absolute atomic E-state index is 13.0. The Morgan fingerprint density at radius 2 is 2.09 bits per heavy atom.